The molecular formula is C21H30N6O2. The van der Waals surface area contributed by atoms with Gasteiger partial charge in [0.1, 0.15) is 12.2 Å². The van der Waals surface area contributed by atoms with Crippen molar-refractivity contribution in [3.8, 4) is 0 Å². The van der Waals surface area contributed by atoms with Gasteiger partial charge in [-0.05, 0) is 37.7 Å². The predicted molar refractivity (Wildman–Crippen MR) is 114 cm³/mol. The van der Waals surface area contributed by atoms with Gasteiger partial charge in [-0.25, -0.2) is 4.98 Å². The van der Waals surface area contributed by atoms with Crippen LogP contribution in [0.4, 0.5) is 5.95 Å². The Bertz CT molecular complexity index is 867. The Labute approximate surface area is 171 Å². The van der Waals surface area contributed by atoms with E-state index in [1.165, 1.54) is 25.7 Å². The summed E-state index contributed by atoms with van der Waals surface area (Å²) in [5.41, 5.74) is 1.35. The topological polar surface area (TPSA) is 105 Å². The molecule has 0 bridgehead atoms. The molecule has 1 fully saturated rings. The summed E-state index contributed by atoms with van der Waals surface area (Å²) < 4.78 is 7.06. The van der Waals surface area contributed by atoms with Gasteiger partial charge < -0.3 is 25.3 Å². The first-order chi connectivity index (χ1) is 14.1. The van der Waals surface area contributed by atoms with Crippen LogP contribution in [-0.2, 0) is 16.1 Å². The summed E-state index contributed by atoms with van der Waals surface area (Å²) in [7, 11) is 0. The SMILES string of the molecule is CCOC(=O)CN/C=C(\C=N)Nc1ncc2ccn(CC3CCC(C)CC3)c2n1. The predicted octanol–water partition coefficient (Wildman–Crippen LogP) is 3.31. The Morgan fingerprint density at radius 1 is 1.38 bits per heavy atom. The van der Waals surface area contributed by atoms with Crippen molar-refractivity contribution in [1.29, 1.82) is 5.41 Å². The Morgan fingerprint density at radius 2 is 2.17 bits per heavy atom. The van der Waals surface area contributed by atoms with Crippen molar-refractivity contribution in [2.24, 2.45) is 11.8 Å². The fourth-order valence-corrected chi connectivity index (χ4v) is 3.67. The van der Waals surface area contributed by atoms with Gasteiger partial charge >= 0.3 is 5.97 Å². The summed E-state index contributed by atoms with van der Waals surface area (Å²) >= 11 is 0. The summed E-state index contributed by atoms with van der Waals surface area (Å²) in [5, 5.41) is 14.4. The number of esters is 1. The molecule has 0 spiro atoms. The minimum Gasteiger partial charge on any atom is -0.465 e. The molecule has 0 amide bonds. The van der Waals surface area contributed by atoms with Crippen LogP contribution in [0.2, 0.25) is 0 Å². The van der Waals surface area contributed by atoms with Crippen LogP contribution in [0.15, 0.2) is 30.4 Å². The van der Waals surface area contributed by atoms with Gasteiger partial charge in [-0.15, -0.1) is 0 Å². The average Bonchev–Trinajstić information content (AvgIpc) is 3.11. The maximum absolute atomic E-state index is 11.4. The van der Waals surface area contributed by atoms with Gasteiger partial charge in [0, 0.05) is 36.7 Å². The molecule has 0 saturated heterocycles. The zero-order chi connectivity index (χ0) is 20.6. The van der Waals surface area contributed by atoms with E-state index >= 15 is 0 Å². The molecule has 1 saturated carbocycles. The van der Waals surface area contributed by atoms with Gasteiger partial charge in [-0.2, -0.15) is 4.98 Å². The van der Waals surface area contributed by atoms with Gasteiger partial charge in [0.25, 0.3) is 0 Å². The summed E-state index contributed by atoms with van der Waals surface area (Å²) in [6.45, 7) is 5.45. The van der Waals surface area contributed by atoms with Gasteiger partial charge in [0.05, 0.1) is 12.3 Å². The van der Waals surface area contributed by atoms with Crippen LogP contribution in [-0.4, -0.2) is 39.9 Å². The smallest absolute Gasteiger partial charge is 0.325 e. The molecule has 2 heterocycles. The van der Waals surface area contributed by atoms with E-state index < -0.39 is 0 Å². The molecule has 8 heteroatoms. The lowest BCUT2D eigenvalue weighted by molar-refractivity contribution is -0.141. The zero-order valence-electron chi connectivity index (χ0n) is 17.1. The molecule has 8 nitrogen and oxygen atoms in total. The van der Waals surface area contributed by atoms with Crippen LogP contribution in [0.5, 0.6) is 0 Å². The van der Waals surface area contributed by atoms with E-state index in [2.05, 4.69) is 38.3 Å². The van der Waals surface area contributed by atoms with Crippen molar-refractivity contribution in [3.63, 3.8) is 0 Å². The monoisotopic (exact) mass is 398 g/mol. The lowest BCUT2D eigenvalue weighted by Gasteiger charge is -2.26. The molecule has 0 aromatic carbocycles. The number of carbonyl (C=O) groups excluding carboxylic acids is 1. The van der Waals surface area contributed by atoms with E-state index in [0.29, 0.717) is 24.2 Å². The Balaban J connectivity index is 1.66. The number of nitrogens with one attached hydrogen (secondary N) is 3. The van der Waals surface area contributed by atoms with E-state index in [1.807, 2.05) is 6.07 Å². The van der Waals surface area contributed by atoms with Crippen molar-refractivity contribution in [2.45, 2.75) is 46.1 Å². The number of nitrogens with zero attached hydrogens (tertiary/aromatic N) is 3. The van der Waals surface area contributed by atoms with Crippen molar-refractivity contribution >= 4 is 29.2 Å². The number of allylic oxidation sites excluding steroid dienone is 1. The lowest BCUT2D eigenvalue weighted by atomic mass is 9.83. The first-order valence-corrected chi connectivity index (χ1v) is 10.3. The number of rotatable bonds is 9. The van der Waals surface area contributed by atoms with Crippen molar-refractivity contribution in [3.05, 3.63) is 30.4 Å². The number of fused-ring (bicyclic) bond motifs is 1. The Morgan fingerprint density at radius 3 is 2.90 bits per heavy atom. The fraction of sp³-hybridized carbons (Fsp3) is 0.524. The number of ether oxygens (including phenoxy) is 1. The molecule has 0 aliphatic heterocycles. The summed E-state index contributed by atoms with van der Waals surface area (Å²) in [6, 6.07) is 2.04. The van der Waals surface area contributed by atoms with E-state index in [-0.39, 0.29) is 12.5 Å². The number of hydrogen-bond donors (Lipinski definition) is 3. The van der Waals surface area contributed by atoms with E-state index in [0.717, 1.165) is 29.7 Å². The molecule has 1 aliphatic carbocycles. The summed E-state index contributed by atoms with van der Waals surface area (Å²) in [5.74, 6) is 1.61. The highest BCUT2D eigenvalue weighted by Gasteiger charge is 2.19. The molecule has 1 aliphatic rings. The highest BCUT2D eigenvalue weighted by atomic mass is 16.5. The Kier molecular flexibility index (Phi) is 7.21. The third-order valence-corrected chi connectivity index (χ3v) is 5.31. The maximum atomic E-state index is 11.4. The molecule has 29 heavy (non-hydrogen) atoms. The number of carbonyl (C=O) groups is 1. The average molecular weight is 399 g/mol. The first-order valence-electron chi connectivity index (χ1n) is 10.3. The van der Waals surface area contributed by atoms with Gasteiger partial charge in [-0.1, -0.05) is 19.8 Å². The van der Waals surface area contributed by atoms with E-state index in [1.54, 1.807) is 19.3 Å². The second-order valence-electron chi connectivity index (χ2n) is 7.62. The normalized spacial score (nSPS) is 19.7. The third kappa shape index (κ3) is 5.79. The summed E-state index contributed by atoms with van der Waals surface area (Å²) in [4.78, 5) is 20.4. The molecule has 3 N–H and O–H groups in total. The third-order valence-electron chi connectivity index (χ3n) is 5.31. The van der Waals surface area contributed by atoms with Crippen LogP contribution < -0.4 is 10.6 Å². The first kappa shape index (κ1) is 20.8. The van der Waals surface area contributed by atoms with Gasteiger partial charge in [-0.3, -0.25) is 4.79 Å². The molecule has 3 rings (SSSR count). The fourth-order valence-electron chi connectivity index (χ4n) is 3.67. The number of aromatic nitrogens is 3. The minimum absolute atomic E-state index is 0.0373. The molecule has 0 radical (unpaired) electrons. The number of anilines is 1. The van der Waals surface area contributed by atoms with E-state index in [9.17, 15) is 4.79 Å². The van der Waals surface area contributed by atoms with Crippen molar-refractivity contribution in [1.82, 2.24) is 19.9 Å². The van der Waals surface area contributed by atoms with Crippen LogP contribution >= 0.6 is 0 Å². The lowest BCUT2D eigenvalue weighted by Crippen LogP contribution is -2.21. The highest BCUT2D eigenvalue weighted by molar-refractivity contribution is 5.81. The summed E-state index contributed by atoms with van der Waals surface area (Å²) in [6.07, 6.45) is 11.7. The minimum atomic E-state index is -0.347. The molecule has 2 aromatic rings. The quantitative estimate of drug-likeness (QED) is 0.442. The molecule has 156 valence electrons. The van der Waals surface area contributed by atoms with Gasteiger partial charge in [0.15, 0.2) is 0 Å². The van der Waals surface area contributed by atoms with Crippen molar-refractivity contribution < 1.29 is 9.53 Å². The largest absolute Gasteiger partial charge is 0.465 e. The second-order valence-corrected chi connectivity index (χ2v) is 7.62. The maximum Gasteiger partial charge on any atom is 0.325 e. The number of hydrogen-bond acceptors (Lipinski definition) is 7. The zero-order valence-corrected chi connectivity index (χ0v) is 17.1. The van der Waals surface area contributed by atoms with Crippen molar-refractivity contribution in [2.75, 3.05) is 18.5 Å². The van der Waals surface area contributed by atoms with E-state index in [4.69, 9.17) is 10.1 Å². The van der Waals surface area contributed by atoms with Crippen LogP contribution in [0.25, 0.3) is 11.0 Å². The highest BCUT2D eigenvalue weighted by Crippen LogP contribution is 2.30. The van der Waals surface area contributed by atoms with Gasteiger partial charge in [0.2, 0.25) is 5.95 Å². The van der Waals surface area contributed by atoms with Crippen LogP contribution in [0, 0.1) is 17.2 Å². The Hall–Kier alpha value is -2.90. The molecule has 0 unspecified atom stereocenters. The molecular weight excluding hydrogens is 368 g/mol. The van der Waals surface area contributed by atoms with Crippen LogP contribution in [0.3, 0.4) is 0 Å². The standard InChI is InChI=1S/C21H30N6O2/c1-3-29-19(28)13-23-12-18(10-22)25-21-24-11-17-8-9-27(20(17)26-21)14-16-6-4-15(2)5-7-16/h8-12,15-16,22-23H,3-7,13-14H2,1-2H3,(H,24,25,26)/b18-12+,22-10?. The van der Waals surface area contributed by atoms with Crippen LogP contribution in [0.1, 0.15) is 39.5 Å². The molecule has 0 atom stereocenters. The second kappa shape index (κ2) is 10.0. The molecule has 2 aromatic heterocycles.